The van der Waals surface area contributed by atoms with Crippen LogP contribution in [-0.4, -0.2) is 48.0 Å². The van der Waals surface area contributed by atoms with E-state index in [1.165, 1.54) is 6.20 Å². The second-order valence-electron chi connectivity index (χ2n) is 6.82. The summed E-state index contributed by atoms with van der Waals surface area (Å²) in [4.78, 5) is 30.1. The average molecular weight is 367 g/mol. The highest BCUT2D eigenvalue weighted by Gasteiger charge is 2.28. The van der Waals surface area contributed by atoms with Crippen LogP contribution in [0.15, 0.2) is 42.6 Å². The van der Waals surface area contributed by atoms with Gasteiger partial charge in [0.25, 0.3) is 11.8 Å². The van der Waals surface area contributed by atoms with Crippen LogP contribution < -0.4 is 10.1 Å². The van der Waals surface area contributed by atoms with E-state index in [0.717, 1.165) is 12.0 Å². The third kappa shape index (κ3) is 4.09. The first-order valence-corrected chi connectivity index (χ1v) is 9.02. The number of benzene rings is 1. The van der Waals surface area contributed by atoms with Gasteiger partial charge in [0.15, 0.2) is 6.61 Å². The third-order valence-electron chi connectivity index (χ3n) is 4.75. The zero-order chi connectivity index (χ0) is 18.6. The fourth-order valence-electron chi connectivity index (χ4n) is 3.35. The molecule has 7 nitrogen and oxygen atoms in total. The molecular formula is C20H21N3O4. The van der Waals surface area contributed by atoms with Crippen LogP contribution in [0.2, 0.25) is 0 Å². The van der Waals surface area contributed by atoms with Gasteiger partial charge in [0.05, 0.1) is 18.8 Å². The maximum absolute atomic E-state index is 12.7. The molecule has 4 rings (SSSR count). The molecule has 27 heavy (non-hydrogen) atoms. The van der Waals surface area contributed by atoms with E-state index in [0.29, 0.717) is 49.4 Å². The summed E-state index contributed by atoms with van der Waals surface area (Å²) >= 11 is 0. The topological polar surface area (TPSA) is 80.8 Å². The normalized spacial score (nSPS) is 18.6. The zero-order valence-corrected chi connectivity index (χ0v) is 14.9. The van der Waals surface area contributed by atoms with Crippen LogP contribution in [0.4, 0.5) is 5.69 Å². The molecule has 0 aliphatic carbocycles. The van der Waals surface area contributed by atoms with E-state index in [9.17, 15) is 9.59 Å². The molecule has 1 unspecified atom stereocenters. The van der Waals surface area contributed by atoms with Gasteiger partial charge >= 0.3 is 0 Å². The molecule has 1 N–H and O–H groups in total. The van der Waals surface area contributed by atoms with Crippen LogP contribution in [0, 0.1) is 5.92 Å². The number of rotatable bonds is 5. The Morgan fingerprint density at radius 2 is 2.19 bits per heavy atom. The second-order valence-corrected chi connectivity index (χ2v) is 6.82. The quantitative estimate of drug-likeness (QED) is 0.875. The lowest BCUT2D eigenvalue weighted by molar-refractivity contribution is -0.118. The summed E-state index contributed by atoms with van der Waals surface area (Å²) in [5.74, 6) is 0.340. The van der Waals surface area contributed by atoms with Crippen molar-refractivity contribution < 1.29 is 19.1 Å². The van der Waals surface area contributed by atoms with E-state index >= 15 is 0 Å². The van der Waals surface area contributed by atoms with Gasteiger partial charge < -0.3 is 19.7 Å². The van der Waals surface area contributed by atoms with Crippen LogP contribution >= 0.6 is 0 Å². The summed E-state index contributed by atoms with van der Waals surface area (Å²) in [5.41, 5.74) is 2.04. The number of amides is 2. The van der Waals surface area contributed by atoms with Gasteiger partial charge in [-0.3, -0.25) is 9.59 Å². The number of nitrogens with zero attached hydrogens (tertiary/aromatic N) is 2. The Balaban J connectivity index is 1.31. The molecule has 2 amide bonds. The minimum absolute atomic E-state index is 0.0515. The highest BCUT2D eigenvalue weighted by atomic mass is 16.5. The van der Waals surface area contributed by atoms with Crippen molar-refractivity contribution in [1.29, 1.82) is 0 Å². The summed E-state index contributed by atoms with van der Waals surface area (Å²) < 4.78 is 11.0. The van der Waals surface area contributed by atoms with E-state index in [2.05, 4.69) is 10.3 Å². The minimum Gasteiger partial charge on any atom is -0.466 e. The molecule has 2 aliphatic rings. The van der Waals surface area contributed by atoms with Crippen molar-refractivity contribution in [2.45, 2.75) is 13.0 Å². The van der Waals surface area contributed by atoms with Crippen LogP contribution in [0.25, 0.3) is 0 Å². The van der Waals surface area contributed by atoms with Crippen LogP contribution in [0.5, 0.6) is 5.88 Å². The lowest BCUT2D eigenvalue weighted by Crippen LogP contribution is -2.30. The first-order valence-electron chi connectivity index (χ1n) is 9.02. The first-order chi connectivity index (χ1) is 13.2. The number of likely N-dealkylation sites (tertiary alicyclic amines) is 1. The molecule has 1 saturated heterocycles. The number of fused-ring (bicyclic) bond motifs is 1. The van der Waals surface area contributed by atoms with Gasteiger partial charge in [0.2, 0.25) is 5.88 Å². The minimum atomic E-state index is -0.245. The molecular weight excluding hydrogens is 346 g/mol. The summed E-state index contributed by atoms with van der Waals surface area (Å²) in [6, 6.07) is 11.7. The van der Waals surface area contributed by atoms with E-state index in [4.69, 9.17) is 9.47 Å². The van der Waals surface area contributed by atoms with Gasteiger partial charge in [-0.15, -0.1) is 0 Å². The Morgan fingerprint density at radius 1 is 1.33 bits per heavy atom. The van der Waals surface area contributed by atoms with Gasteiger partial charge in [-0.2, -0.15) is 0 Å². The molecule has 1 aromatic heterocycles. The summed E-state index contributed by atoms with van der Waals surface area (Å²) in [6.07, 6.45) is 2.41. The molecule has 140 valence electrons. The number of hydrogen-bond acceptors (Lipinski definition) is 5. The number of nitrogens with one attached hydrogen (secondary N) is 1. The number of pyridine rings is 1. The van der Waals surface area contributed by atoms with E-state index in [1.54, 1.807) is 6.07 Å². The van der Waals surface area contributed by atoms with Crippen molar-refractivity contribution >= 4 is 17.5 Å². The Bertz CT molecular complexity index is 840. The lowest BCUT2D eigenvalue weighted by atomic mass is 10.1. The van der Waals surface area contributed by atoms with Gasteiger partial charge in [-0.05, 0) is 18.1 Å². The molecule has 0 spiro atoms. The zero-order valence-electron chi connectivity index (χ0n) is 14.9. The largest absolute Gasteiger partial charge is 0.466 e. The summed E-state index contributed by atoms with van der Waals surface area (Å²) in [5, 5.41) is 2.68. The Kier molecular flexibility index (Phi) is 5.02. The smallest absolute Gasteiger partial charge is 0.262 e. The Morgan fingerprint density at radius 3 is 3.04 bits per heavy atom. The molecule has 7 heteroatoms. The van der Waals surface area contributed by atoms with Crippen LogP contribution in [0.3, 0.4) is 0 Å². The molecule has 0 bridgehead atoms. The van der Waals surface area contributed by atoms with Gasteiger partial charge in [-0.25, -0.2) is 4.98 Å². The SMILES string of the molecule is O=C1COc2ncc(C(=O)N3CCC(COCc4ccccc4)C3)cc2N1. The molecule has 2 aliphatic heterocycles. The van der Waals surface area contributed by atoms with Crippen molar-refractivity contribution in [2.75, 3.05) is 31.6 Å². The first kappa shape index (κ1) is 17.5. The molecule has 1 aromatic carbocycles. The van der Waals surface area contributed by atoms with Crippen LogP contribution in [0.1, 0.15) is 22.3 Å². The number of carbonyl (C=O) groups excluding carboxylic acids is 2. The molecule has 1 fully saturated rings. The maximum atomic E-state index is 12.7. The molecule has 1 atom stereocenters. The molecule has 0 radical (unpaired) electrons. The van der Waals surface area contributed by atoms with E-state index in [-0.39, 0.29) is 18.4 Å². The van der Waals surface area contributed by atoms with Gasteiger partial charge in [0, 0.05) is 25.2 Å². The highest BCUT2D eigenvalue weighted by Crippen LogP contribution is 2.27. The second kappa shape index (κ2) is 7.75. The highest BCUT2D eigenvalue weighted by molar-refractivity contribution is 5.99. The standard InChI is InChI=1S/C20H21N3O4/c24-18-13-27-19-17(22-18)8-16(9-21-19)20(25)23-7-6-15(10-23)12-26-11-14-4-2-1-3-5-14/h1-5,8-9,15H,6-7,10-13H2,(H,22,24). The van der Waals surface area contributed by atoms with Gasteiger partial charge in [-0.1, -0.05) is 30.3 Å². The monoisotopic (exact) mass is 367 g/mol. The number of ether oxygens (including phenoxy) is 2. The van der Waals surface area contributed by atoms with Crippen molar-refractivity contribution in [2.24, 2.45) is 5.92 Å². The summed E-state index contributed by atoms with van der Waals surface area (Å²) in [6.45, 7) is 2.51. The lowest BCUT2D eigenvalue weighted by Gasteiger charge is -2.20. The van der Waals surface area contributed by atoms with E-state index < -0.39 is 0 Å². The predicted octanol–water partition coefficient (Wildman–Crippen LogP) is 2.09. The van der Waals surface area contributed by atoms with E-state index in [1.807, 2.05) is 35.2 Å². The number of aromatic nitrogens is 1. The number of anilines is 1. The van der Waals surface area contributed by atoms with Gasteiger partial charge in [0.1, 0.15) is 5.69 Å². The fourth-order valence-corrected chi connectivity index (χ4v) is 3.35. The Labute approximate surface area is 157 Å². The fraction of sp³-hybridized carbons (Fsp3) is 0.350. The summed E-state index contributed by atoms with van der Waals surface area (Å²) in [7, 11) is 0. The molecule has 0 saturated carbocycles. The number of hydrogen-bond donors (Lipinski definition) is 1. The van der Waals surface area contributed by atoms with Crippen molar-refractivity contribution in [3.05, 3.63) is 53.7 Å². The third-order valence-corrected chi connectivity index (χ3v) is 4.75. The molecule has 2 aromatic rings. The average Bonchev–Trinajstić information content (AvgIpc) is 3.16. The molecule has 3 heterocycles. The van der Waals surface area contributed by atoms with Crippen LogP contribution in [-0.2, 0) is 16.1 Å². The maximum Gasteiger partial charge on any atom is 0.262 e. The van der Waals surface area contributed by atoms with Crippen molar-refractivity contribution in [3.8, 4) is 5.88 Å². The number of carbonyl (C=O) groups is 2. The Hall–Kier alpha value is -2.93. The predicted molar refractivity (Wildman–Crippen MR) is 98.5 cm³/mol. The van der Waals surface area contributed by atoms with Crippen molar-refractivity contribution in [3.63, 3.8) is 0 Å². The van der Waals surface area contributed by atoms with Crippen molar-refractivity contribution in [1.82, 2.24) is 9.88 Å².